The Balaban J connectivity index is 2.44. The van der Waals surface area contributed by atoms with Gasteiger partial charge in [-0.25, -0.2) is 9.59 Å². The second-order valence-electron chi connectivity index (χ2n) is 11.6. The Hall–Kier alpha value is -4.36. The number of hydrogen-bond donors (Lipinski definition) is 3. The maximum absolute atomic E-state index is 14.0. The van der Waals surface area contributed by atoms with E-state index in [1.54, 1.807) is 65.8 Å². The third-order valence-electron chi connectivity index (χ3n) is 5.69. The van der Waals surface area contributed by atoms with E-state index in [1.807, 2.05) is 30.3 Å². The van der Waals surface area contributed by atoms with Crippen molar-refractivity contribution in [3.8, 4) is 12.3 Å². The topological polar surface area (TPSA) is 134 Å². The van der Waals surface area contributed by atoms with E-state index in [-0.39, 0.29) is 13.0 Å². The molecule has 2 atom stereocenters. The zero-order chi connectivity index (χ0) is 31.5. The van der Waals surface area contributed by atoms with Crippen molar-refractivity contribution in [3.63, 3.8) is 0 Å². The molecule has 0 aromatic heterocycles. The lowest BCUT2D eigenvalue weighted by Gasteiger charge is -2.32. The number of aliphatic hydroxyl groups is 1. The van der Waals surface area contributed by atoms with E-state index in [2.05, 4.69) is 16.6 Å². The van der Waals surface area contributed by atoms with Crippen LogP contribution in [0.25, 0.3) is 0 Å². The van der Waals surface area contributed by atoms with Crippen molar-refractivity contribution in [1.82, 2.24) is 15.5 Å². The molecule has 0 saturated heterocycles. The van der Waals surface area contributed by atoms with Crippen molar-refractivity contribution in [2.75, 3.05) is 19.7 Å². The predicted octanol–water partition coefficient (Wildman–Crippen LogP) is 3.12. The zero-order valence-corrected chi connectivity index (χ0v) is 25.1. The van der Waals surface area contributed by atoms with Gasteiger partial charge in [-0.1, -0.05) is 48.4 Å². The molecular formula is C32H41N3O7. The molecule has 2 aromatic carbocycles. The maximum atomic E-state index is 14.0. The van der Waals surface area contributed by atoms with Gasteiger partial charge >= 0.3 is 12.1 Å². The van der Waals surface area contributed by atoms with Gasteiger partial charge in [-0.05, 0) is 64.8 Å². The number of esters is 1. The fourth-order valence-corrected chi connectivity index (χ4v) is 3.97. The Morgan fingerprint density at radius 2 is 1.52 bits per heavy atom. The van der Waals surface area contributed by atoms with Gasteiger partial charge in [0.2, 0.25) is 11.8 Å². The van der Waals surface area contributed by atoms with Gasteiger partial charge in [0.25, 0.3) is 0 Å². The summed E-state index contributed by atoms with van der Waals surface area (Å²) in [5, 5.41) is 15.0. The van der Waals surface area contributed by atoms with Gasteiger partial charge < -0.3 is 30.1 Å². The molecule has 10 nitrogen and oxygen atoms in total. The van der Waals surface area contributed by atoms with Crippen LogP contribution in [0.2, 0.25) is 0 Å². The van der Waals surface area contributed by atoms with E-state index in [0.29, 0.717) is 11.1 Å². The Bertz CT molecular complexity index is 1260. The fourth-order valence-electron chi connectivity index (χ4n) is 3.97. The first-order valence-electron chi connectivity index (χ1n) is 13.6. The first-order valence-corrected chi connectivity index (χ1v) is 13.6. The average molecular weight is 580 g/mol. The summed E-state index contributed by atoms with van der Waals surface area (Å²) < 4.78 is 10.8. The smallest absolute Gasteiger partial charge is 0.408 e. The Morgan fingerprint density at radius 1 is 0.929 bits per heavy atom. The highest BCUT2D eigenvalue weighted by atomic mass is 16.6. The van der Waals surface area contributed by atoms with E-state index in [9.17, 15) is 24.3 Å². The lowest BCUT2D eigenvalue weighted by atomic mass is 10.0. The molecule has 3 N–H and O–H groups in total. The minimum absolute atomic E-state index is 0.137. The summed E-state index contributed by atoms with van der Waals surface area (Å²) in [4.78, 5) is 53.9. The Morgan fingerprint density at radius 3 is 2.05 bits per heavy atom. The van der Waals surface area contributed by atoms with E-state index >= 15 is 0 Å². The molecule has 0 aliphatic rings. The quantitative estimate of drug-likeness (QED) is 0.275. The van der Waals surface area contributed by atoms with Crippen LogP contribution in [0.1, 0.15) is 64.3 Å². The average Bonchev–Trinajstić information content (AvgIpc) is 2.90. The second kappa shape index (κ2) is 15.0. The molecule has 2 rings (SSSR count). The number of hydrogen-bond acceptors (Lipinski definition) is 7. The van der Waals surface area contributed by atoms with Gasteiger partial charge in [0.1, 0.15) is 29.8 Å². The normalized spacial score (nSPS) is 12.7. The molecule has 226 valence electrons. The molecule has 0 saturated carbocycles. The number of carbonyl (C=O) groups is 4. The number of carbonyl (C=O) groups excluding carboxylic acids is 4. The molecule has 0 spiro atoms. The van der Waals surface area contributed by atoms with Crippen molar-refractivity contribution in [3.05, 3.63) is 71.3 Å². The standard InChI is InChI=1S/C32H41N3O7/c1-8-22-14-16-24(17-15-22)27(35(18-19-36)26(37)21-33-30(40)42-32(5,6)7)28(38)34-25(29(39)41-31(2,3)4)20-23-12-10-9-11-13-23/h1,9-17,25,27,36H,18-21H2,2-7H3,(H,33,40)(H,34,38). The summed E-state index contributed by atoms with van der Waals surface area (Å²) in [7, 11) is 0. The van der Waals surface area contributed by atoms with Gasteiger partial charge in [-0.15, -0.1) is 6.42 Å². The summed E-state index contributed by atoms with van der Waals surface area (Å²) in [5.74, 6) is 0.513. The number of rotatable bonds is 11. The third kappa shape index (κ3) is 11.3. The van der Waals surface area contributed by atoms with E-state index < -0.39 is 60.3 Å². The number of aliphatic hydroxyl groups excluding tert-OH is 1. The molecule has 2 aromatic rings. The third-order valence-corrected chi connectivity index (χ3v) is 5.69. The van der Waals surface area contributed by atoms with Gasteiger partial charge in [0, 0.05) is 18.5 Å². The van der Waals surface area contributed by atoms with Crippen molar-refractivity contribution in [1.29, 1.82) is 0 Å². The van der Waals surface area contributed by atoms with Crippen LogP contribution in [-0.4, -0.2) is 70.8 Å². The SMILES string of the molecule is C#Cc1ccc(C(C(=O)NC(Cc2ccccc2)C(=O)OC(C)(C)C)N(CCO)C(=O)CNC(=O)OC(C)(C)C)cc1. The summed E-state index contributed by atoms with van der Waals surface area (Å²) in [5.41, 5.74) is 0.129. The van der Waals surface area contributed by atoms with Crippen LogP contribution < -0.4 is 10.6 Å². The summed E-state index contributed by atoms with van der Waals surface area (Å²) in [6.07, 6.45) is 4.82. The predicted molar refractivity (Wildman–Crippen MR) is 158 cm³/mol. The molecule has 0 heterocycles. The van der Waals surface area contributed by atoms with Crippen molar-refractivity contribution < 1.29 is 33.8 Å². The van der Waals surface area contributed by atoms with E-state index in [4.69, 9.17) is 15.9 Å². The molecule has 42 heavy (non-hydrogen) atoms. The number of terminal acetylenes is 1. The molecule has 0 radical (unpaired) electrons. The van der Waals surface area contributed by atoms with Gasteiger partial charge in [0.05, 0.1) is 6.61 Å². The minimum Gasteiger partial charge on any atom is -0.458 e. The number of alkyl carbamates (subject to hydrolysis) is 1. The lowest BCUT2D eigenvalue weighted by Crippen LogP contribution is -2.52. The van der Waals surface area contributed by atoms with Gasteiger partial charge in [-0.2, -0.15) is 0 Å². The maximum Gasteiger partial charge on any atom is 0.408 e. The van der Waals surface area contributed by atoms with E-state index in [1.165, 1.54) is 0 Å². The first-order chi connectivity index (χ1) is 19.6. The molecule has 0 aliphatic carbocycles. The lowest BCUT2D eigenvalue weighted by molar-refractivity contribution is -0.159. The number of benzene rings is 2. The van der Waals surface area contributed by atoms with Crippen LogP contribution >= 0.6 is 0 Å². The van der Waals surface area contributed by atoms with Crippen molar-refractivity contribution in [2.24, 2.45) is 0 Å². The van der Waals surface area contributed by atoms with Crippen LogP contribution in [-0.2, 0) is 30.3 Å². The molecule has 0 fully saturated rings. The summed E-state index contributed by atoms with van der Waals surface area (Å²) in [6, 6.07) is 13.2. The number of ether oxygens (including phenoxy) is 2. The molecule has 3 amide bonds. The van der Waals surface area contributed by atoms with Gasteiger partial charge in [0.15, 0.2) is 0 Å². The second-order valence-corrected chi connectivity index (χ2v) is 11.6. The molecular weight excluding hydrogens is 538 g/mol. The first kappa shape index (κ1) is 33.8. The highest BCUT2D eigenvalue weighted by Crippen LogP contribution is 2.23. The van der Waals surface area contributed by atoms with Crippen LogP contribution in [0, 0.1) is 12.3 Å². The summed E-state index contributed by atoms with van der Waals surface area (Å²) in [6.45, 7) is 9.02. The summed E-state index contributed by atoms with van der Waals surface area (Å²) >= 11 is 0. The van der Waals surface area contributed by atoms with Crippen LogP contribution in [0.3, 0.4) is 0 Å². The van der Waals surface area contributed by atoms with Crippen LogP contribution in [0.4, 0.5) is 4.79 Å². The van der Waals surface area contributed by atoms with Crippen LogP contribution in [0.15, 0.2) is 54.6 Å². The Kier molecular flexibility index (Phi) is 12.1. The number of nitrogens with one attached hydrogen (secondary N) is 2. The molecule has 0 bridgehead atoms. The zero-order valence-electron chi connectivity index (χ0n) is 25.1. The number of nitrogens with zero attached hydrogens (tertiary/aromatic N) is 1. The monoisotopic (exact) mass is 579 g/mol. The molecule has 10 heteroatoms. The van der Waals surface area contributed by atoms with Crippen molar-refractivity contribution in [2.45, 2.75) is 71.2 Å². The van der Waals surface area contributed by atoms with Gasteiger partial charge in [-0.3, -0.25) is 9.59 Å². The highest BCUT2D eigenvalue weighted by Gasteiger charge is 2.35. The van der Waals surface area contributed by atoms with Crippen molar-refractivity contribution >= 4 is 23.9 Å². The molecule has 0 aliphatic heterocycles. The minimum atomic E-state index is -1.28. The largest absolute Gasteiger partial charge is 0.458 e. The van der Waals surface area contributed by atoms with Crippen LogP contribution in [0.5, 0.6) is 0 Å². The highest BCUT2D eigenvalue weighted by molar-refractivity contribution is 5.93. The fraction of sp³-hybridized carbons (Fsp3) is 0.438. The Labute approximate surface area is 247 Å². The number of amides is 3. The molecule has 2 unspecified atom stereocenters. The van der Waals surface area contributed by atoms with E-state index in [0.717, 1.165) is 10.5 Å².